The zero-order valence-electron chi connectivity index (χ0n) is 16.3. The maximum absolute atomic E-state index is 2.71. The van der Waals surface area contributed by atoms with Crippen molar-refractivity contribution < 1.29 is 0 Å². The molecule has 0 radical (unpaired) electrons. The van der Waals surface area contributed by atoms with Gasteiger partial charge in [0.2, 0.25) is 0 Å². The molecule has 0 nitrogen and oxygen atoms in total. The fourth-order valence-corrected chi connectivity index (χ4v) is 7.06. The standard InChI is InChI=1S/C23H42/c1-4-5-12-19-14-15-22-21-13-10-8-6-7-9-11-18(2)20(21)16-17-23(19,22)3/h18-22H,4-17H2,1-3H3. The Labute approximate surface area is 146 Å². The number of rotatable bonds is 3. The lowest BCUT2D eigenvalue weighted by Gasteiger charge is -2.51. The molecule has 0 aliphatic heterocycles. The molecule has 3 rings (SSSR count). The van der Waals surface area contributed by atoms with Crippen molar-refractivity contribution in [1.29, 1.82) is 0 Å². The number of fused-ring (bicyclic) bond motifs is 3. The normalized spacial score (nSPS) is 45.3. The van der Waals surface area contributed by atoms with Gasteiger partial charge in [0, 0.05) is 0 Å². The topological polar surface area (TPSA) is 0 Å². The molecule has 3 saturated carbocycles. The van der Waals surface area contributed by atoms with E-state index in [4.69, 9.17) is 0 Å². The van der Waals surface area contributed by atoms with Gasteiger partial charge in [0.15, 0.2) is 0 Å². The lowest BCUT2D eigenvalue weighted by Crippen LogP contribution is -2.43. The van der Waals surface area contributed by atoms with Crippen molar-refractivity contribution in [3.8, 4) is 0 Å². The Morgan fingerprint density at radius 3 is 2.35 bits per heavy atom. The molecule has 134 valence electrons. The van der Waals surface area contributed by atoms with Crippen LogP contribution in [0.15, 0.2) is 0 Å². The van der Waals surface area contributed by atoms with Crippen LogP contribution in [0.2, 0.25) is 0 Å². The first-order chi connectivity index (χ1) is 11.2. The predicted octanol–water partition coefficient (Wildman–Crippen LogP) is 7.62. The summed E-state index contributed by atoms with van der Waals surface area (Å²) in [6, 6.07) is 0. The number of hydrogen-bond acceptors (Lipinski definition) is 0. The van der Waals surface area contributed by atoms with Crippen molar-refractivity contribution in [2.24, 2.45) is 35.0 Å². The van der Waals surface area contributed by atoms with Crippen molar-refractivity contribution in [2.75, 3.05) is 0 Å². The van der Waals surface area contributed by atoms with E-state index in [0.717, 1.165) is 29.6 Å². The van der Waals surface area contributed by atoms with Crippen molar-refractivity contribution >= 4 is 0 Å². The third-order valence-electron chi connectivity index (χ3n) is 8.52. The molecule has 0 N–H and O–H groups in total. The van der Waals surface area contributed by atoms with Crippen molar-refractivity contribution in [3.63, 3.8) is 0 Å². The lowest BCUT2D eigenvalue weighted by atomic mass is 9.54. The van der Waals surface area contributed by atoms with E-state index in [1.807, 2.05) is 0 Å². The Hall–Kier alpha value is 0. The third kappa shape index (κ3) is 3.67. The zero-order valence-corrected chi connectivity index (χ0v) is 16.3. The Bertz CT molecular complexity index is 359. The molecule has 3 fully saturated rings. The van der Waals surface area contributed by atoms with E-state index in [9.17, 15) is 0 Å². The van der Waals surface area contributed by atoms with Gasteiger partial charge in [0.25, 0.3) is 0 Å². The summed E-state index contributed by atoms with van der Waals surface area (Å²) in [5.74, 6) is 5.27. The summed E-state index contributed by atoms with van der Waals surface area (Å²) in [5.41, 5.74) is 0.709. The summed E-state index contributed by atoms with van der Waals surface area (Å²) in [4.78, 5) is 0. The number of unbranched alkanes of at least 4 members (excludes halogenated alkanes) is 1. The summed E-state index contributed by atoms with van der Waals surface area (Å²) in [5, 5.41) is 0. The minimum absolute atomic E-state index is 0.709. The fourth-order valence-electron chi connectivity index (χ4n) is 7.06. The first kappa shape index (κ1) is 17.8. The molecule has 23 heavy (non-hydrogen) atoms. The van der Waals surface area contributed by atoms with Gasteiger partial charge in [-0.05, 0) is 73.5 Å². The molecule has 0 aromatic rings. The molecule has 0 heterocycles. The molecular formula is C23H42. The van der Waals surface area contributed by atoms with Crippen LogP contribution >= 0.6 is 0 Å². The number of hydrogen-bond donors (Lipinski definition) is 0. The Morgan fingerprint density at radius 2 is 1.57 bits per heavy atom. The van der Waals surface area contributed by atoms with Gasteiger partial charge in [-0.25, -0.2) is 0 Å². The molecule has 0 aromatic carbocycles. The van der Waals surface area contributed by atoms with Gasteiger partial charge in [-0.3, -0.25) is 0 Å². The van der Waals surface area contributed by atoms with Crippen LogP contribution in [0, 0.1) is 35.0 Å². The molecule has 6 unspecified atom stereocenters. The van der Waals surface area contributed by atoms with E-state index in [1.54, 1.807) is 32.1 Å². The second kappa shape index (κ2) is 7.92. The van der Waals surface area contributed by atoms with Crippen LogP contribution in [-0.4, -0.2) is 0 Å². The van der Waals surface area contributed by atoms with Gasteiger partial charge in [0.1, 0.15) is 0 Å². The van der Waals surface area contributed by atoms with Crippen LogP contribution in [0.3, 0.4) is 0 Å². The predicted molar refractivity (Wildman–Crippen MR) is 102 cm³/mol. The van der Waals surface area contributed by atoms with Crippen LogP contribution in [0.4, 0.5) is 0 Å². The van der Waals surface area contributed by atoms with E-state index in [0.29, 0.717) is 5.41 Å². The monoisotopic (exact) mass is 318 g/mol. The Kier molecular flexibility index (Phi) is 6.13. The molecule has 0 aromatic heterocycles. The zero-order chi connectivity index (χ0) is 16.3. The molecule has 0 bridgehead atoms. The smallest absolute Gasteiger partial charge is 0.0266 e. The molecule has 6 atom stereocenters. The van der Waals surface area contributed by atoms with E-state index < -0.39 is 0 Å². The van der Waals surface area contributed by atoms with Gasteiger partial charge in [-0.1, -0.05) is 72.1 Å². The fraction of sp³-hybridized carbons (Fsp3) is 1.00. The van der Waals surface area contributed by atoms with Crippen molar-refractivity contribution in [3.05, 3.63) is 0 Å². The van der Waals surface area contributed by atoms with Gasteiger partial charge in [0.05, 0.1) is 0 Å². The summed E-state index contributed by atoms with van der Waals surface area (Å²) in [6.45, 7) is 7.69. The summed E-state index contributed by atoms with van der Waals surface area (Å²) in [7, 11) is 0. The van der Waals surface area contributed by atoms with Crippen LogP contribution in [0.1, 0.15) is 111 Å². The largest absolute Gasteiger partial charge is 0.0654 e. The Balaban J connectivity index is 1.74. The van der Waals surface area contributed by atoms with E-state index in [2.05, 4.69) is 20.8 Å². The highest BCUT2D eigenvalue weighted by Crippen LogP contribution is 2.62. The van der Waals surface area contributed by atoms with Crippen LogP contribution < -0.4 is 0 Å². The second-order valence-corrected chi connectivity index (χ2v) is 9.72. The van der Waals surface area contributed by atoms with Crippen LogP contribution in [-0.2, 0) is 0 Å². The molecule has 0 spiro atoms. The molecular weight excluding hydrogens is 276 g/mol. The van der Waals surface area contributed by atoms with Gasteiger partial charge in [-0.2, -0.15) is 0 Å². The highest BCUT2D eigenvalue weighted by atomic mass is 14.6. The molecule has 0 amide bonds. The highest BCUT2D eigenvalue weighted by molar-refractivity contribution is 5.02. The van der Waals surface area contributed by atoms with Gasteiger partial charge < -0.3 is 0 Å². The highest BCUT2D eigenvalue weighted by Gasteiger charge is 2.53. The minimum Gasteiger partial charge on any atom is -0.0654 e. The van der Waals surface area contributed by atoms with Crippen LogP contribution in [0.5, 0.6) is 0 Å². The molecule has 3 aliphatic carbocycles. The lowest BCUT2D eigenvalue weighted by molar-refractivity contribution is -0.0166. The van der Waals surface area contributed by atoms with Crippen molar-refractivity contribution in [2.45, 2.75) is 111 Å². The van der Waals surface area contributed by atoms with Crippen LogP contribution in [0.25, 0.3) is 0 Å². The summed E-state index contributed by atoms with van der Waals surface area (Å²) >= 11 is 0. The van der Waals surface area contributed by atoms with Crippen molar-refractivity contribution in [1.82, 2.24) is 0 Å². The maximum atomic E-state index is 2.71. The van der Waals surface area contributed by atoms with E-state index in [-0.39, 0.29) is 0 Å². The second-order valence-electron chi connectivity index (χ2n) is 9.72. The van der Waals surface area contributed by atoms with Gasteiger partial charge >= 0.3 is 0 Å². The quantitative estimate of drug-likeness (QED) is 0.502. The van der Waals surface area contributed by atoms with Gasteiger partial charge in [-0.15, -0.1) is 0 Å². The third-order valence-corrected chi connectivity index (χ3v) is 8.52. The first-order valence-electron chi connectivity index (χ1n) is 11.2. The Morgan fingerprint density at radius 1 is 0.826 bits per heavy atom. The van der Waals surface area contributed by atoms with E-state index >= 15 is 0 Å². The minimum atomic E-state index is 0.709. The average molecular weight is 319 g/mol. The van der Waals surface area contributed by atoms with E-state index in [1.165, 1.54) is 57.8 Å². The average Bonchev–Trinajstić information content (AvgIpc) is 2.88. The maximum Gasteiger partial charge on any atom is -0.0266 e. The first-order valence-corrected chi connectivity index (χ1v) is 11.2. The molecule has 0 saturated heterocycles. The summed E-state index contributed by atoms with van der Waals surface area (Å²) in [6.07, 6.45) is 21.3. The SMILES string of the molecule is CCCCC1CCC2C3CCCCCCCC(C)C3CCC12C. The summed E-state index contributed by atoms with van der Waals surface area (Å²) < 4.78 is 0. The molecule has 3 aliphatic rings. The molecule has 0 heteroatoms.